The summed E-state index contributed by atoms with van der Waals surface area (Å²) in [5.74, 6) is 0.574. The molecule has 1 aliphatic heterocycles. The van der Waals surface area contributed by atoms with Crippen molar-refractivity contribution in [3.63, 3.8) is 0 Å². The number of pyridine rings is 1. The van der Waals surface area contributed by atoms with Crippen LogP contribution in [0.15, 0.2) is 45.7 Å². The molecule has 0 N–H and O–H groups in total. The largest absolute Gasteiger partial charge is 0.360 e. The molecule has 0 saturated heterocycles. The Labute approximate surface area is 157 Å². The third kappa shape index (κ3) is 2.87. The Bertz CT molecular complexity index is 1080. The fourth-order valence-electron chi connectivity index (χ4n) is 3.60. The quantitative estimate of drug-likeness (QED) is 0.702. The Balaban J connectivity index is 1.70. The number of aromatic nitrogens is 2. The van der Waals surface area contributed by atoms with E-state index in [1.807, 2.05) is 50.2 Å². The number of aryl methyl sites for hydroxylation is 2. The van der Waals surface area contributed by atoms with Gasteiger partial charge in [0.2, 0.25) is 0 Å². The van der Waals surface area contributed by atoms with Crippen LogP contribution >= 0.6 is 0 Å². The van der Waals surface area contributed by atoms with E-state index in [0.717, 1.165) is 28.3 Å². The molecule has 4 rings (SSSR count). The molecule has 3 heterocycles. The van der Waals surface area contributed by atoms with E-state index < -0.39 is 0 Å². The molecule has 1 aliphatic rings. The molecule has 0 radical (unpaired) electrons. The maximum Gasteiger partial charge on any atom is 0.263 e. The number of carbonyl (C=O) groups is 1. The lowest BCUT2D eigenvalue weighted by atomic mass is 10.00. The fraction of sp³-hybridized carbons (Fsp3) is 0.286. The SMILES string of the molecule is Cc1cc(C)n(C)c(=O)c1C(=O)N1CCc2onc(-c3ccccc3)c2C1. The van der Waals surface area contributed by atoms with Gasteiger partial charge in [0, 0.05) is 36.8 Å². The van der Waals surface area contributed by atoms with E-state index in [4.69, 9.17) is 4.52 Å². The highest BCUT2D eigenvalue weighted by atomic mass is 16.5. The molecule has 2 aromatic heterocycles. The van der Waals surface area contributed by atoms with Crippen LogP contribution in [0.5, 0.6) is 0 Å². The van der Waals surface area contributed by atoms with Crippen LogP contribution in [-0.4, -0.2) is 27.1 Å². The highest BCUT2D eigenvalue weighted by Gasteiger charge is 2.30. The van der Waals surface area contributed by atoms with Crippen molar-refractivity contribution < 1.29 is 9.32 Å². The molecule has 1 aromatic carbocycles. The number of rotatable bonds is 2. The second-order valence-electron chi connectivity index (χ2n) is 6.98. The van der Waals surface area contributed by atoms with E-state index >= 15 is 0 Å². The zero-order chi connectivity index (χ0) is 19.1. The van der Waals surface area contributed by atoms with Crippen molar-refractivity contribution in [1.29, 1.82) is 0 Å². The zero-order valence-corrected chi connectivity index (χ0v) is 15.7. The first-order chi connectivity index (χ1) is 13.0. The number of benzene rings is 1. The van der Waals surface area contributed by atoms with Crippen LogP contribution in [0.2, 0.25) is 0 Å². The number of hydrogen-bond acceptors (Lipinski definition) is 4. The molecule has 6 nitrogen and oxygen atoms in total. The first kappa shape index (κ1) is 17.3. The van der Waals surface area contributed by atoms with E-state index in [-0.39, 0.29) is 17.0 Å². The van der Waals surface area contributed by atoms with Gasteiger partial charge in [-0.1, -0.05) is 35.5 Å². The Morgan fingerprint density at radius 3 is 2.67 bits per heavy atom. The molecule has 0 saturated carbocycles. The Kier molecular flexibility index (Phi) is 4.18. The number of nitrogens with zero attached hydrogens (tertiary/aromatic N) is 3. The van der Waals surface area contributed by atoms with Crippen molar-refractivity contribution in [3.8, 4) is 11.3 Å². The van der Waals surface area contributed by atoms with E-state index in [1.165, 1.54) is 4.57 Å². The van der Waals surface area contributed by atoms with Crippen LogP contribution in [0.4, 0.5) is 0 Å². The average molecular weight is 363 g/mol. The van der Waals surface area contributed by atoms with Gasteiger partial charge in [-0.05, 0) is 25.5 Å². The van der Waals surface area contributed by atoms with Gasteiger partial charge < -0.3 is 14.0 Å². The van der Waals surface area contributed by atoms with Crippen LogP contribution in [0, 0.1) is 13.8 Å². The summed E-state index contributed by atoms with van der Waals surface area (Å²) in [6.45, 7) is 4.56. The number of carbonyl (C=O) groups excluding carboxylic acids is 1. The molecule has 27 heavy (non-hydrogen) atoms. The lowest BCUT2D eigenvalue weighted by molar-refractivity contribution is 0.0726. The monoisotopic (exact) mass is 363 g/mol. The minimum absolute atomic E-state index is 0.237. The van der Waals surface area contributed by atoms with Crippen molar-refractivity contribution in [2.45, 2.75) is 26.8 Å². The second kappa shape index (κ2) is 6.54. The van der Waals surface area contributed by atoms with Gasteiger partial charge in [0.1, 0.15) is 17.0 Å². The molecule has 0 fully saturated rings. The minimum atomic E-state index is -0.253. The lowest BCUT2D eigenvalue weighted by Crippen LogP contribution is -2.40. The summed E-state index contributed by atoms with van der Waals surface area (Å²) in [5.41, 5.74) is 4.17. The Hall–Kier alpha value is -3.15. The first-order valence-electron chi connectivity index (χ1n) is 8.96. The predicted octanol–water partition coefficient (Wildman–Crippen LogP) is 2.86. The van der Waals surface area contributed by atoms with Gasteiger partial charge >= 0.3 is 0 Å². The van der Waals surface area contributed by atoms with Crippen molar-refractivity contribution in [1.82, 2.24) is 14.6 Å². The second-order valence-corrected chi connectivity index (χ2v) is 6.98. The molecule has 0 aliphatic carbocycles. The summed E-state index contributed by atoms with van der Waals surface area (Å²) in [6, 6.07) is 11.7. The minimum Gasteiger partial charge on any atom is -0.360 e. The van der Waals surface area contributed by atoms with Gasteiger partial charge in [-0.2, -0.15) is 0 Å². The van der Waals surface area contributed by atoms with Crippen LogP contribution < -0.4 is 5.56 Å². The first-order valence-corrected chi connectivity index (χ1v) is 8.96. The van der Waals surface area contributed by atoms with Crippen LogP contribution in [0.25, 0.3) is 11.3 Å². The van der Waals surface area contributed by atoms with Crippen LogP contribution in [-0.2, 0) is 20.0 Å². The summed E-state index contributed by atoms with van der Waals surface area (Å²) >= 11 is 0. The maximum absolute atomic E-state index is 13.1. The molecular formula is C21H21N3O3. The topological polar surface area (TPSA) is 68.3 Å². The highest BCUT2D eigenvalue weighted by Crippen LogP contribution is 2.30. The summed E-state index contributed by atoms with van der Waals surface area (Å²) < 4.78 is 7.02. The summed E-state index contributed by atoms with van der Waals surface area (Å²) in [7, 11) is 1.69. The molecule has 0 atom stereocenters. The van der Waals surface area contributed by atoms with Crippen LogP contribution in [0.1, 0.15) is 32.9 Å². The molecule has 138 valence electrons. The van der Waals surface area contributed by atoms with E-state index in [9.17, 15) is 9.59 Å². The third-order valence-electron chi connectivity index (χ3n) is 5.24. The lowest BCUT2D eigenvalue weighted by Gasteiger charge is -2.27. The maximum atomic E-state index is 13.1. The van der Waals surface area contributed by atoms with Gasteiger partial charge in [-0.3, -0.25) is 9.59 Å². The third-order valence-corrected chi connectivity index (χ3v) is 5.24. The summed E-state index contributed by atoms with van der Waals surface area (Å²) in [4.78, 5) is 27.5. The predicted molar refractivity (Wildman–Crippen MR) is 102 cm³/mol. The fourth-order valence-corrected chi connectivity index (χ4v) is 3.60. The summed E-state index contributed by atoms with van der Waals surface area (Å²) in [6.07, 6.45) is 0.589. The smallest absolute Gasteiger partial charge is 0.263 e. The molecule has 0 unspecified atom stereocenters. The van der Waals surface area contributed by atoms with Gasteiger partial charge in [0.15, 0.2) is 0 Å². The highest BCUT2D eigenvalue weighted by molar-refractivity contribution is 5.95. The molecule has 6 heteroatoms. The van der Waals surface area contributed by atoms with E-state index in [2.05, 4.69) is 5.16 Å². The number of fused-ring (bicyclic) bond motifs is 1. The zero-order valence-electron chi connectivity index (χ0n) is 15.7. The average Bonchev–Trinajstić information content (AvgIpc) is 3.10. The molecule has 0 bridgehead atoms. The standard InChI is InChI=1S/C21H21N3O3/c1-13-11-14(2)23(3)20(25)18(13)21(26)24-10-9-17-16(12-24)19(22-27-17)15-7-5-4-6-8-15/h4-8,11H,9-10,12H2,1-3H3. The number of amides is 1. The number of hydrogen-bond donors (Lipinski definition) is 0. The van der Waals surface area contributed by atoms with Gasteiger partial charge in [-0.15, -0.1) is 0 Å². The van der Waals surface area contributed by atoms with Gasteiger partial charge in [0.25, 0.3) is 11.5 Å². The molecular weight excluding hydrogens is 342 g/mol. The van der Waals surface area contributed by atoms with E-state index in [1.54, 1.807) is 11.9 Å². The summed E-state index contributed by atoms with van der Waals surface area (Å²) in [5, 5.41) is 4.22. The van der Waals surface area contributed by atoms with Crippen molar-refractivity contribution in [2.75, 3.05) is 6.54 Å². The van der Waals surface area contributed by atoms with E-state index in [0.29, 0.717) is 25.1 Å². The Morgan fingerprint density at radius 1 is 1.19 bits per heavy atom. The van der Waals surface area contributed by atoms with Gasteiger partial charge in [0.05, 0.1) is 6.54 Å². The van der Waals surface area contributed by atoms with Crippen molar-refractivity contribution in [2.24, 2.45) is 7.05 Å². The molecule has 3 aromatic rings. The molecule has 0 spiro atoms. The van der Waals surface area contributed by atoms with Crippen molar-refractivity contribution >= 4 is 5.91 Å². The van der Waals surface area contributed by atoms with Gasteiger partial charge in [-0.25, -0.2) is 0 Å². The van der Waals surface area contributed by atoms with Crippen LogP contribution in [0.3, 0.4) is 0 Å². The van der Waals surface area contributed by atoms with Crippen molar-refractivity contribution in [3.05, 3.63) is 74.9 Å². The normalized spacial score (nSPS) is 13.5. The Morgan fingerprint density at radius 2 is 1.93 bits per heavy atom. The molecule has 1 amide bonds.